The van der Waals surface area contributed by atoms with Gasteiger partial charge in [-0.15, -0.1) is 0 Å². The molecule has 0 amide bonds. The number of pyridine rings is 1. The Balaban J connectivity index is 0.000000380. The quantitative estimate of drug-likeness (QED) is 0.711. The summed E-state index contributed by atoms with van der Waals surface area (Å²) in [5.74, 6) is -3.65. The molecule has 144 valence electrons. The molecule has 0 unspecified atom stereocenters. The third kappa shape index (κ3) is 7.46. The van der Waals surface area contributed by atoms with Crippen molar-refractivity contribution in [1.29, 1.82) is 0 Å². The fraction of sp³-hybridized carbons (Fsp3) is 0.316. The van der Waals surface area contributed by atoms with Gasteiger partial charge in [0.05, 0.1) is 0 Å². The van der Waals surface area contributed by atoms with Gasteiger partial charge in [-0.2, -0.15) is 0 Å². The normalized spacial score (nSPS) is 14.9. The van der Waals surface area contributed by atoms with Gasteiger partial charge in [0.15, 0.2) is 0 Å². The highest BCUT2D eigenvalue weighted by Crippen LogP contribution is 2.18. The molecule has 27 heavy (non-hydrogen) atoms. The van der Waals surface area contributed by atoms with Gasteiger partial charge in [-0.1, -0.05) is 40.2 Å². The van der Waals surface area contributed by atoms with Crippen molar-refractivity contribution in [3.8, 4) is 0 Å². The van der Waals surface area contributed by atoms with Crippen molar-refractivity contribution in [3.05, 3.63) is 64.4 Å². The number of carboxylic acid groups (broad SMARTS) is 2. The van der Waals surface area contributed by atoms with E-state index >= 15 is 0 Å². The van der Waals surface area contributed by atoms with E-state index in [9.17, 15) is 0 Å². The minimum absolute atomic E-state index is 1.01. The van der Waals surface area contributed by atoms with Crippen LogP contribution in [0.5, 0.6) is 0 Å². The number of halogens is 1. The summed E-state index contributed by atoms with van der Waals surface area (Å²) in [4.78, 5) is 27.4. The Bertz CT molecular complexity index is 738. The van der Waals surface area contributed by atoms with Crippen LogP contribution >= 0.6 is 15.9 Å². The molecule has 7 nitrogen and oxygen atoms in total. The third-order valence-electron chi connectivity index (χ3n) is 4.13. The molecule has 3 rings (SSSR count). The van der Waals surface area contributed by atoms with E-state index in [2.05, 4.69) is 61.0 Å². The molecular formula is C19H22BrN3O4. The predicted molar refractivity (Wildman–Crippen MR) is 104 cm³/mol. The van der Waals surface area contributed by atoms with Crippen molar-refractivity contribution < 1.29 is 19.8 Å². The fourth-order valence-electron chi connectivity index (χ4n) is 2.72. The molecule has 1 fully saturated rings. The maximum Gasteiger partial charge on any atom is 0.414 e. The monoisotopic (exact) mass is 435 g/mol. The Morgan fingerprint density at radius 2 is 1.52 bits per heavy atom. The summed E-state index contributed by atoms with van der Waals surface area (Å²) < 4.78 is 1.21. The van der Waals surface area contributed by atoms with E-state index in [-0.39, 0.29) is 0 Å². The summed E-state index contributed by atoms with van der Waals surface area (Å²) in [5.41, 5.74) is 2.68. The predicted octanol–water partition coefficient (Wildman–Crippen LogP) is 2.32. The lowest BCUT2D eigenvalue weighted by Gasteiger charge is -2.34. The first kappa shape index (κ1) is 21.0. The molecule has 0 saturated carbocycles. The van der Waals surface area contributed by atoms with Gasteiger partial charge >= 0.3 is 11.9 Å². The average Bonchev–Trinajstić information content (AvgIpc) is 2.66. The second-order valence-electron chi connectivity index (χ2n) is 6.12. The van der Waals surface area contributed by atoms with Crippen molar-refractivity contribution in [3.63, 3.8) is 0 Å². The maximum atomic E-state index is 9.10. The Morgan fingerprint density at radius 3 is 2.04 bits per heavy atom. The molecule has 0 spiro atoms. The molecule has 0 atom stereocenters. The van der Waals surface area contributed by atoms with Crippen LogP contribution in [0.15, 0.2) is 53.3 Å². The van der Waals surface area contributed by atoms with Gasteiger partial charge in [-0.25, -0.2) is 9.59 Å². The zero-order valence-electron chi connectivity index (χ0n) is 14.8. The van der Waals surface area contributed by atoms with Gasteiger partial charge in [0, 0.05) is 56.1 Å². The molecule has 1 aromatic carbocycles. The standard InChI is InChI=1S/C17H20BrN3.C2H2O4/c18-17-6-2-1-5-16(17)14-21-10-8-20(9-11-21)13-15-4-3-7-19-12-15;3-1(4)2(5)6/h1-7,12H,8-11,13-14H2;(H,3,4)(H,5,6). The first-order chi connectivity index (χ1) is 13.0. The fourth-order valence-corrected chi connectivity index (χ4v) is 3.13. The number of aliphatic carboxylic acids is 2. The van der Waals surface area contributed by atoms with Crippen molar-refractivity contribution in [2.75, 3.05) is 26.2 Å². The highest BCUT2D eigenvalue weighted by atomic mass is 79.9. The number of piperazine rings is 1. The lowest BCUT2D eigenvalue weighted by atomic mass is 10.2. The molecule has 0 aliphatic carbocycles. The number of hydrogen-bond donors (Lipinski definition) is 2. The molecule has 1 saturated heterocycles. The van der Waals surface area contributed by atoms with Gasteiger partial charge < -0.3 is 10.2 Å². The molecule has 1 aliphatic heterocycles. The van der Waals surface area contributed by atoms with Gasteiger partial charge in [-0.05, 0) is 23.3 Å². The lowest BCUT2D eigenvalue weighted by molar-refractivity contribution is -0.159. The number of benzene rings is 1. The summed E-state index contributed by atoms with van der Waals surface area (Å²) in [6.07, 6.45) is 3.80. The second kappa shape index (κ2) is 10.8. The topological polar surface area (TPSA) is 94.0 Å². The zero-order valence-corrected chi connectivity index (χ0v) is 16.4. The van der Waals surface area contributed by atoms with E-state index in [1.807, 2.05) is 18.5 Å². The van der Waals surface area contributed by atoms with Crippen molar-refractivity contribution in [2.45, 2.75) is 13.1 Å². The molecule has 2 heterocycles. The molecule has 0 bridgehead atoms. The van der Waals surface area contributed by atoms with Crippen LogP contribution in [0, 0.1) is 0 Å². The van der Waals surface area contributed by atoms with Crippen LogP contribution in [0.1, 0.15) is 11.1 Å². The maximum absolute atomic E-state index is 9.10. The largest absolute Gasteiger partial charge is 0.473 e. The number of rotatable bonds is 4. The molecule has 0 radical (unpaired) electrons. The van der Waals surface area contributed by atoms with E-state index in [0.717, 1.165) is 39.3 Å². The minimum Gasteiger partial charge on any atom is -0.473 e. The van der Waals surface area contributed by atoms with Gasteiger partial charge in [0.1, 0.15) is 0 Å². The molecule has 2 N–H and O–H groups in total. The zero-order chi connectivity index (χ0) is 19.6. The highest BCUT2D eigenvalue weighted by Gasteiger charge is 2.17. The first-order valence-electron chi connectivity index (χ1n) is 8.49. The molecule has 1 aromatic heterocycles. The number of nitrogens with zero attached hydrogens (tertiary/aromatic N) is 3. The van der Waals surface area contributed by atoms with Crippen LogP contribution in [-0.4, -0.2) is 63.1 Å². The summed E-state index contributed by atoms with van der Waals surface area (Å²) >= 11 is 3.64. The summed E-state index contributed by atoms with van der Waals surface area (Å²) in [7, 11) is 0. The van der Waals surface area contributed by atoms with E-state index < -0.39 is 11.9 Å². The third-order valence-corrected chi connectivity index (χ3v) is 4.90. The van der Waals surface area contributed by atoms with Crippen LogP contribution in [0.25, 0.3) is 0 Å². The first-order valence-corrected chi connectivity index (χ1v) is 9.28. The van der Waals surface area contributed by atoms with Gasteiger partial charge in [-0.3, -0.25) is 14.8 Å². The molecular weight excluding hydrogens is 414 g/mol. The number of carbonyl (C=O) groups is 2. The number of hydrogen-bond acceptors (Lipinski definition) is 5. The summed E-state index contributed by atoms with van der Waals surface area (Å²) in [6.45, 7) is 6.54. The van der Waals surface area contributed by atoms with E-state index in [1.54, 1.807) is 0 Å². The minimum atomic E-state index is -1.82. The Kier molecular flexibility index (Phi) is 8.38. The molecule has 8 heteroatoms. The Morgan fingerprint density at radius 1 is 0.926 bits per heavy atom. The van der Waals surface area contributed by atoms with Crippen LogP contribution in [0.3, 0.4) is 0 Å². The Hall–Kier alpha value is -2.29. The summed E-state index contributed by atoms with van der Waals surface area (Å²) in [5, 5.41) is 14.8. The molecule has 1 aliphatic rings. The van der Waals surface area contributed by atoms with Crippen LogP contribution in [0.4, 0.5) is 0 Å². The summed E-state index contributed by atoms with van der Waals surface area (Å²) in [6, 6.07) is 12.7. The van der Waals surface area contributed by atoms with E-state index in [1.165, 1.54) is 15.6 Å². The van der Waals surface area contributed by atoms with Crippen LogP contribution in [-0.2, 0) is 22.7 Å². The van der Waals surface area contributed by atoms with Gasteiger partial charge in [0.25, 0.3) is 0 Å². The second-order valence-corrected chi connectivity index (χ2v) is 6.97. The van der Waals surface area contributed by atoms with E-state index in [0.29, 0.717) is 0 Å². The van der Waals surface area contributed by atoms with Crippen LogP contribution in [0.2, 0.25) is 0 Å². The van der Waals surface area contributed by atoms with Crippen LogP contribution < -0.4 is 0 Å². The Labute approximate surface area is 166 Å². The smallest absolute Gasteiger partial charge is 0.414 e. The molecule has 2 aromatic rings. The van der Waals surface area contributed by atoms with Gasteiger partial charge in [0.2, 0.25) is 0 Å². The lowest BCUT2D eigenvalue weighted by Crippen LogP contribution is -2.45. The van der Waals surface area contributed by atoms with Crippen molar-refractivity contribution in [1.82, 2.24) is 14.8 Å². The number of aromatic nitrogens is 1. The average molecular weight is 436 g/mol. The van der Waals surface area contributed by atoms with E-state index in [4.69, 9.17) is 19.8 Å². The number of carboxylic acids is 2. The SMILES string of the molecule is Brc1ccccc1CN1CCN(Cc2cccnc2)CC1.O=C(O)C(=O)O. The van der Waals surface area contributed by atoms with Crippen molar-refractivity contribution in [2.24, 2.45) is 0 Å². The highest BCUT2D eigenvalue weighted by molar-refractivity contribution is 9.10. The van der Waals surface area contributed by atoms with Crippen molar-refractivity contribution >= 4 is 27.9 Å².